The Hall–Kier alpha value is -1.97. The maximum Gasteiger partial charge on any atom is 0.161 e. The molecule has 1 aliphatic rings. The molecule has 0 spiro atoms. The van der Waals surface area contributed by atoms with Crippen LogP contribution in [0.3, 0.4) is 0 Å². The number of ether oxygens (including phenoxy) is 2. The molecule has 126 valence electrons. The van der Waals surface area contributed by atoms with E-state index in [1.165, 1.54) is 11.1 Å². The van der Waals surface area contributed by atoms with Crippen LogP contribution in [0.1, 0.15) is 16.7 Å². The van der Waals surface area contributed by atoms with E-state index in [2.05, 4.69) is 29.2 Å². The van der Waals surface area contributed by atoms with Gasteiger partial charge in [-0.15, -0.1) is 0 Å². The summed E-state index contributed by atoms with van der Waals surface area (Å²) in [5.41, 5.74) is 3.74. The molecule has 0 N–H and O–H groups in total. The van der Waals surface area contributed by atoms with Gasteiger partial charge in [-0.25, -0.2) is 0 Å². The quantitative estimate of drug-likeness (QED) is 0.806. The second-order valence-electron chi connectivity index (χ2n) is 5.94. The largest absolute Gasteiger partial charge is 0.493 e. The van der Waals surface area contributed by atoms with Crippen LogP contribution in [0.4, 0.5) is 0 Å². The maximum atomic E-state index is 6.46. The molecule has 1 aliphatic heterocycles. The van der Waals surface area contributed by atoms with Crippen LogP contribution < -0.4 is 9.47 Å². The Bertz CT molecular complexity index is 728. The van der Waals surface area contributed by atoms with E-state index in [1.807, 2.05) is 24.3 Å². The lowest BCUT2D eigenvalue weighted by atomic mass is 9.99. The molecule has 0 fully saturated rings. The summed E-state index contributed by atoms with van der Waals surface area (Å²) < 4.78 is 10.8. The molecule has 2 aromatic rings. The van der Waals surface area contributed by atoms with E-state index in [9.17, 15) is 0 Å². The third-order valence-electron chi connectivity index (χ3n) is 4.29. The summed E-state index contributed by atoms with van der Waals surface area (Å²) in [6, 6.07) is 14.3. The van der Waals surface area contributed by atoms with E-state index in [1.54, 1.807) is 14.2 Å². The van der Waals surface area contributed by atoms with E-state index in [4.69, 9.17) is 21.1 Å². The normalized spacial score (nSPS) is 15.0. The van der Waals surface area contributed by atoms with Crippen molar-refractivity contribution in [3.8, 4) is 11.5 Å². The van der Waals surface area contributed by atoms with Gasteiger partial charge in [0.05, 0.1) is 14.2 Å². The summed E-state index contributed by atoms with van der Waals surface area (Å²) in [5.74, 6) is 1.58. The molecule has 0 radical (unpaired) electrons. The first kappa shape index (κ1) is 16.9. The van der Waals surface area contributed by atoms with E-state index >= 15 is 0 Å². The van der Waals surface area contributed by atoms with Crippen LogP contribution in [0, 0.1) is 0 Å². The first-order chi connectivity index (χ1) is 11.7. The van der Waals surface area contributed by atoms with Gasteiger partial charge in [-0.1, -0.05) is 41.9 Å². The van der Waals surface area contributed by atoms with Gasteiger partial charge < -0.3 is 9.47 Å². The van der Waals surface area contributed by atoms with Gasteiger partial charge in [-0.05, 0) is 41.3 Å². The van der Waals surface area contributed by atoms with Crippen LogP contribution in [0.15, 0.2) is 47.5 Å². The number of halogens is 1. The highest BCUT2D eigenvalue weighted by atomic mass is 35.5. The molecule has 0 bridgehead atoms. The molecule has 3 nitrogen and oxygen atoms in total. The van der Waals surface area contributed by atoms with Crippen molar-refractivity contribution in [2.75, 3.05) is 27.3 Å². The highest BCUT2D eigenvalue weighted by Gasteiger charge is 2.19. The fourth-order valence-electron chi connectivity index (χ4n) is 3.07. The third-order valence-corrected chi connectivity index (χ3v) is 4.52. The summed E-state index contributed by atoms with van der Waals surface area (Å²) in [7, 11) is 3.35. The van der Waals surface area contributed by atoms with Gasteiger partial charge in [0.15, 0.2) is 11.5 Å². The molecule has 1 heterocycles. The average Bonchev–Trinajstić information content (AvgIpc) is 2.61. The highest BCUT2D eigenvalue weighted by Crippen LogP contribution is 2.33. The minimum Gasteiger partial charge on any atom is -0.493 e. The SMILES string of the molecule is COc1cc2c(cc1OC)CN(C/C(Cl)=C/c1ccccc1)CC2. The van der Waals surface area contributed by atoms with Crippen LogP contribution in [0.2, 0.25) is 0 Å². The Morgan fingerprint density at radius 3 is 2.42 bits per heavy atom. The molecule has 0 aliphatic carbocycles. The molecule has 0 saturated heterocycles. The summed E-state index contributed by atoms with van der Waals surface area (Å²) in [5, 5.41) is 0.852. The van der Waals surface area contributed by atoms with Gasteiger partial charge in [0.25, 0.3) is 0 Å². The van der Waals surface area contributed by atoms with Crippen LogP contribution in [0.25, 0.3) is 6.08 Å². The predicted molar refractivity (Wildman–Crippen MR) is 98.8 cm³/mol. The number of hydrogen-bond donors (Lipinski definition) is 0. The number of nitrogens with zero attached hydrogens (tertiary/aromatic N) is 1. The van der Waals surface area contributed by atoms with Gasteiger partial charge in [0.2, 0.25) is 0 Å². The maximum absolute atomic E-state index is 6.46. The average molecular weight is 344 g/mol. The number of methoxy groups -OCH3 is 2. The van der Waals surface area contributed by atoms with Gasteiger partial charge in [-0.2, -0.15) is 0 Å². The molecule has 0 unspecified atom stereocenters. The fourth-order valence-corrected chi connectivity index (χ4v) is 3.36. The molecule has 2 aromatic carbocycles. The smallest absolute Gasteiger partial charge is 0.161 e. The topological polar surface area (TPSA) is 21.7 Å². The Morgan fingerprint density at radius 2 is 1.75 bits per heavy atom. The third kappa shape index (κ3) is 3.92. The van der Waals surface area contributed by atoms with Crippen molar-refractivity contribution < 1.29 is 9.47 Å². The van der Waals surface area contributed by atoms with Crippen LogP contribution >= 0.6 is 11.6 Å². The van der Waals surface area contributed by atoms with Crippen LogP contribution in [-0.4, -0.2) is 32.2 Å². The summed E-state index contributed by atoms with van der Waals surface area (Å²) in [6.07, 6.45) is 3.02. The Kier molecular flexibility index (Phi) is 5.44. The first-order valence-electron chi connectivity index (χ1n) is 8.07. The zero-order chi connectivity index (χ0) is 16.9. The molecule has 24 heavy (non-hydrogen) atoms. The minimum absolute atomic E-state index is 0.754. The summed E-state index contributed by atoms with van der Waals surface area (Å²) >= 11 is 6.46. The van der Waals surface area contributed by atoms with Crippen LogP contribution in [-0.2, 0) is 13.0 Å². The first-order valence-corrected chi connectivity index (χ1v) is 8.44. The molecule has 0 atom stereocenters. The Balaban J connectivity index is 1.72. The molecular formula is C20H22ClNO2. The zero-order valence-electron chi connectivity index (χ0n) is 14.1. The molecule has 3 rings (SSSR count). The number of fused-ring (bicyclic) bond motifs is 1. The van der Waals surface area contributed by atoms with Crippen molar-refractivity contribution in [2.45, 2.75) is 13.0 Å². The minimum atomic E-state index is 0.754. The van der Waals surface area contributed by atoms with Crippen molar-refractivity contribution in [3.63, 3.8) is 0 Å². The lowest BCUT2D eigenvalue weighted by Gasteiger charge is -2.29. The standard InChI is InChI=1S/C20H22ClNO2/c1-23-19-11-16-8-9-22(13-17(16)12-20(19)24-2)14-18(21)10-15-6-4-3-5-7-15/h3-7,10-12H,8-9,13-14H2,1-2H3/b18-10-. The van der Waals surface area contributed by atoms with Crippen molar-refractivity contribution >= 4 is 17.7 Å². The number of hydrogen-bond acceptors (Lipinski definition) is 3. The highest BCUT2D eigenvalue weighted by molar-refractivity contribution is 6.31. The van der Waals surface area contributed by atoms with E-state index in [-0.39, 0.29) is 0 Å². The molecular weight excluding hydrogens is 322 g/mol. The van der Waals surface area contributed by atoms with Crippen LogP contribution in [0.5, 0.6) is 11.5 Å². The number of rotatable bonds is 5. The van der Waals surface area contributed by atoms with Gasteiger partial charge in [-0.3, -0.25) is 4.90 Å². The number of benzene rings is 2. The summed E-state index contributed by atoms with van der Waals surface area (Å²) in [6.45, 7) is 2.61. The molecule has 0 aromatic heterocycles. The predicted octanol–water partition coefficient (Wildman–Crippen LogP) is 4.34. The molecule has 4 heteroatoms. The monoisotopic (exact) mass is 343 g/mol. The van der Waals surface area contributed by atoms with Crippen molar-refractivity contribution in [2.24, 2.45) is 0 Å². The molecule has 0 amide bonds. The van der Waals surface area contributed by atoms with Gasteiger partial charge in [0, 0.05) is 24.7 Å². The second kappa shape index (κ2) is 7.73. The Morgan fingerprint density at radius 1 is 1.08 bits per heavy atom. The fraction of sp³-hybridized carbons (Fsp3) is 0.300. The van der Waals surface area contributed by atoms with Crippen molar-refractivity contribution in [3.05, 3.63) is 64.2 Å². The zero-order valence-corrected chi connectivity index (χ0v) is 14.8. The van der Waals surface area contributed by atoms with Gasteiger partial charge >= 0.3 is 0 Å². The van der Waals surface area contributed by atoms with Crippen molar-refractivity contribution in [1.82, 2.24) is 4.90 Å². The van der Waals surface area contributed by atoms with Gasteiger partial charge in [0.1, 0.15) is 0 Å². The lowest BCUT2D eigenvalue weighted by molar-refractivity contribution is 0.277. The van der Waals surface area contributed by atoms with E-state index in [0.29, 0.717) is 0 Å². The van der Waals surface area contributed by atoms with Crippen molar-refractivity contribution in [1.29, 1.82) is 0 Å². The molecule has 0 saturated carbocycles. The van der Waals surface area contributed by atoms with E-state index < -0.39 is 0 Å². The van der Waals surface area contributed by atoms with E-state index in [0.717, 1.165) is 48.1 Å². The lowest BCUT2D eigenvalue weighted by Crippen LogP contribution is -2.31. The summed E-state index contributed by atoms with van der Waals surface area (Å²) in [4.78, 5) is 2.36. The Labute approximate surface area is 148 Å². The second-order valence-corrected chi connectivity index (χ2v) is 6.42.